The van der Waals surface area contributed by atoms with Crippen LogP contribution in [0.25, 0.3) is 16.7 Å². The molecule has 0 radical (unpaired) electrons. The molecule has 0 aliphatic heterocycles. The fourth-order valence-corrected chi connectivity index (χ4v) is 2.77. The molecule has 108 valence electrons. The van der Waals surface area contributed by atoms with Crippen LogP contribution in [0.5, 0.6) is 5.75 Å². The quantitative estimate of drug-likeness (QED) is 0.627. The van der Waals surface area contributed by atoms with E-state index in [-0.39, 0.29) is 11.7 Å². The maximum Gasteiger partial charge on any atom is 0.148 e. The van der Waals surface area contributed by atoms with Crippen LogP contribution in [0, 0.1) is 5.82 Å². The van der Waals surface area contributed by atoms with Gasteiger partial charge in [0, 0.05) is 10.5 Å². The first-order valence-electron chi connectivity index (χ1n) is 6.21. The van der Waals surface area contributed by atoms with Crippen molar-refractivity contribution < 1.29 is 9.13 Å². The number of nitrogens with zero attached hydrogens (tertiary/aromatic N) is 2. The van der Waals surface area contributed by atoms with Crippen molar-refractivity contribution in [2.45, 2.75) is 5.88 Å². The molecule has 0 bridgehead atoms. The molecule has 0 saturated heterocycles. The smallest absolute Gasteiger partial charge is 0.148 e. The highest BCUT2D eigenvalue weighted by Crippen LogP contribution is 2.28. The number of hydrogen-bond acceptors (Lipinski definition) is 2. The van der Waals surface area contributed by atoms with Crippen LogP contribution in [0.2, 0.25) is 0 Å². The summed E-state index contributed by atoms with van der Waals surface area (Å²) in [5.74, 6) is 1.10. The first-order chi connectivity index (χ1) is 10.1. The van der Waals surface area contributed by atoms with Gasteiger partial charge in [0.2, 0.25) is 0 Å². The Morgan fingerprint density at radius 2 is 2.10 bits per heavy atom. The minimum absolute atomic E-state index is 0.187. The van der Waals surface area contributed by atoms with Crippen LogP contribution in [0.3, 0.4) is 0 Å². The third kappa shape index (κ3) is 2.51. The molecular weight excluding hydrogens is 359 g/mol. The minimum atomic E-state index is -0.349. The second kappa shape index (κ2) is 5.66. The number of benzene rings is 2. The van der Waals surface area contributed by atoms with Crippen molar-refractivity contribution in [1.82, 2.24) is 9.55 Å². The van der Waals surface area contributed by atoms with Crippen LogP contribution in [-0.2, 0) is 5.88 Å². The summed E-state index contributed by atoms with van der Waals surface area (Å²) in [6, 6.07) is 10.4. The Kier molecular flexibility index (Phi) is 3.87. The molecule has 1 heterocycles. The van der Waals surface area contributed by atoms with E-state index >= 15 is 0 Å². The summed E-state index contributed by atoms with van der Waals surface area (Å²) in [7, 11) is 1.59. The molecule has 21 heavy (non-hydrogen) atoms. The summed E-state index contributed by atoms with van der Waals surface area (Å²) in [6.45, 7) is 0. The van der Waals surface area contributed by atoms with E-state index < -0.39 is 0 Å². The van der Waals surface area contributed by atoms with E-state index in [2.05, 4.69) is 20.9 Å². The third-order valence-electron chi connectivity index (χ3n) is 3.20. The molecule has 0 N–H and O–H groups in total. The average Bonchev–Trinajstić information content (AvgIpc) is 2.84. The van der Waals surface area contributed by atoms with Gasteiger partial charge in [0.25, 0.3) is 0 Å². The highest BCUT2D eigenvalue weighted by Gasteiger charge is 2.15. The van der Waals surface area contributed by atoms with Gasteiger partial charge < -0.3 is 4.74 Å². The summed E-state index contributed by atoms with van der Waals surface area (Å²) in [4.78, 5) is 4.44. The van der Waals surface area contributed by atoms with Crippen LogP contribution in [0.1, 0.15) is 5.82 Å². The number of ether oxygens (including phenoxy) is 1. The monoisotopic (exact) mass is 368 g/mol. The van der Waals surface area contributed by atoms with E-state index in [1.807, 2.05) is 18.2 Å². The van der Waals surface area contributed by atoms with Crippen LogP contribution < -0.4 is 4.74 Å². The number of rotatable bonds is 3. The fourth-order valence-electron chi connectivity index (χ4n) is 2.25. The molecule has 0 saturated carbocycles. The van der Waals surface area contributed by atoms with Crippen molar-refractivity contribution in [3.05, 3.63) is 52.5 Å². The number of alkyl halides is 1. The lowest BCUT2D eigenvalue weighted by molar-refractivity contribution is 0.415. The Bertz CT molecular complexity index is 819. The summed E-state index contributed by atoms with van der Waals surface area (Å²) in [6.07, 6.45) is 0. The summed E-state index contributed by atoms with van der Waals surface area (Å²) < 4.78 is 21.9. The molecule has 2 aromatic carbocycles. The van der Waals surface area contributed by atoms with Gasteiger partial charge in [0.15, 0.2) is 0 Å². The fraction of sp³-hybridized carbons (Fsp3) is 0.133. The van der Waals surface area contributed by atoms with Gasteiger partial charge in [0.1, 0.15) is 17.4 Å². The average molecular weight is 370 g/mol. The Balaban J connectivity index is 2.33. The topological polar surface area (TPSA) is 27.1 Å². The minimum Gasteiger partial charge on any atom is -0.497 e. The lowest BCUT2D eigenvalue weighted by atomic mass is 10.2. The zero-order chi connectivity index (χ0) is 15.0. The zero-order valence-corrected chi connectivity index (χ0v) is 13.4. The molecule has 0 atom stereocenters. The zero-order valence-electron chi connectivity index (χ0n) is 11.1. The summed E-state index contributed by atoms with van der Waals surface area (Å²) >= 11 is 9.22. The van der Waals surface area contributed by atoms with Gasteiger partial charge in [-0.05, 0) is 30.3 Å². The highest BCUT2D eigenvalue weighted by molar-refractivity contribution is 9.10. The van der Waals surface area contributed by atoms with Crippen LogP contribution >= 0.6 is 27.5 Å². The molecule has 0 amide bonds. The molecule has 3 nitrogen and oxygen atoms in total. The highest BCUT2D eigenvalue weighted by atomic mass is 79.9. The van der Waals surface area contributed by atoms with Crippen LogP contribution in [-0.4, -0.2) is 16.7 Å². The van der Waals surface area contributed by atoms with E-state index in [0.29, 0.717) is 21.7 Å². The second-order valence-electron chi connectivity index (χ2n) is 4.45. The van der Waals surface area contributed by atoms with E-state index in [0.717, 1.165) is 11.0 Å². The predicted molar refractivity (Wildman–Crippen MR) is 84.8 cm³/mol. The maximum absolute atomic E-state index is 14.3. The van der Waals surface area contributed by atoms with Crippen molar-refractivity contribution >= 4 is 38.6 Å². The first kappa shape index (κ1) is 14.4. The van der Waals surface area contributed by atoms with Gasteiger partial charge in [-0.25, -0.2) is 9.37 Å². The summed E-state index contributed by atoms with van der Waals surface area (Å²) in [5, 5.41) is 0. The Morgan fingerprint density at radius 3 is 2.76 bits per heavy atom. The van der Waals surface area contributed by atoms with Crippen LogP contribution in [0.15, 0.2) is 40.9 Å². The molecule has 1 aromatic heterocycles. The van der Waals surface area contributed by atoms with Gasteiger partial charge in [0.05, 0.1) is 29.7 Å². The first-order valence-corrected chi connectivity index (χ1v) is 7.53. The molecule has 0 spiro atoms. The van der Waals surface area contributed by atoms with Crippen molar-refractivity contribution in [2.75, 3.05) is 7.11 Å². The third-order valence-corrected chi connectivity index (χ3v) is 3.93. The molecule has 3 rings (SSSR count). The van der Waals surface area contributed by atoms with Crippen molar-refractivity contribution in [3.8, 4) is 11.4 Å². The van der Waals surface area contributed by atoms with E-state index in [1.54, 1.807) is 23.8 Å². The molecule has 0 aliphatic rings. The lowest BCUT2D eigenvalue weighted by Crippen LogP contribution is -2.02. The second-order valence-corrected chi connectivity index (χ2v) is 5.63. The number of imidazole rings is 1. The van der Waals surface area contributed by atoms with Crippen molar-refractivity contribution in [1.29, 1.82) is 0 Å². The SMILES string of the molecule is COc1ccc2nc(CCl)n(-c3ccc(Br)cc3F)c2c1. The number of hydrogen-bond donors (Lipinski definition) is 0. The Labute approximate surface area is 134 Å². The molecular formula is C15H11BrClFN2O. The lowest BCUT2D eigenvalue weighted by Gasteiger charge is -2.10. The maximum atomic E-state index is 14.3. The normalized spacial score (nSPS) is 11.0. The molecule has 0 fully saturated rings. The molecule has 0 aliphatic carbocycles. The van der Waals surface area contributed by atoms with E-state index in [1.165, 1.54) is 6.07 Å². The molecule has 3 aromatic rings. The number of fused-ring (bicyclic) bond motifs is 1. The van der Waals surface area contributed by atoms with Crippen molar-refractivity contribution in [2.24, 2.45) is 0 Å². The molecule has 0 unspecified atom stereocenters. The number of halogens is 3. The van der Waals surface area contributed by atoms with Gasteiger partial charge >= 0.3 is 0 Å². The Hall–Kier alpha value is -1.59. The van der Waals surface area contributed by atoms with Gasteiger partial charge in [-0.1, -0.05) is 15.9 Å². The molecule has 6 heteroatoms. The number of aromatic nitrogens is 2. The van der Waals surface area contributed by atoms with Crippen LogP contribution in [0.4, 0.5) is 4.39 Å². The van der Waals surface area contributed by atoms with Gasteiger partial charge in [-0.15, -0.1) is 11.6 Å². The Morgan fingerprint density at radius 1 is 1.29 bits per heavy atom. The largest absolute Gasteiger partial charge is 0.497 e. The van der Waals surface area contributed by atoms with Crippen molar-refractivity contribution in [3.63, 3.8) is 0 Å². The summed E-state index contributed by atoms with van der Waals surface area (Å²) in [5.41, 5.74) is 1.91. The van der Waals surface area contributed by atoms with E-state index in [9.17, 15) is 4.39 Å². The standard InChI is InChI=1S/C15H11BrClFN2O/c1-21-10-3-4-12-14(7-10)20(15(8-17)19-12)13-5-2-9(16)6-11(13)18/h2-7H,8H2,1H3. The van der Waals surface area contributed by atoms with Gasteiger partial charge in [-0.3, -0.25) is 4.57 Å². The van der Waals surface area contributed by atoms with E-state index in [4.69, 9.17) is 16.3 Å². The predicted octanol–water partition coefficient (Wildman–Crippen LogP) is 4.67. The van der Waals surface area contributed by atoms with Gasteiger partial charge in [-0.2, -0.15) is 0 Å². The number of methoxy groups -OCH3 is 1.